The van der Waals surface area contributed by atoms with Gasteiger partial charge in [0, 0.05) is 31.1 Å². The van der Waals surface area contributed by atoms with Crippen LogP contribution in [0.25, 0.3) is 0 Å². The topological polar surface area (TPSA) is 89.9 Å². The van der Waals surface area contributed by atoms with Crippen LogP contribution in [0.2, 0.25) is 0 Å². The van der Waals surface area contributed by atoms with Gasteiger partial charge in [-0.3, -0.25) is 4.79 Å². The lowest BCUT2D eigenvalue weighted by Crippen LogP contribution is -2.38. The van der Waals surface area contributed by atoms with E-state index in [1.807, 2.05) is 6.92 Å². The number of carbonyl (C=O) groups is 3. The minimum absolute atomic E-state index is 0.122. The van der Waals surface area contributed by atoms with Crippen LogP contribution in [-0.4, -0.2) is 47.2 Å². The summed E-state index contributed by atoms with van der Waals surface area (Å²) in [6, 6.07) is 0. The van der Waals surface area contributed by atoms with Crippen LogP contribution >= 0.6 is 11.8 Å². The second-order valence-corrected chi connectivity index (χ2v) is 9.40. The molecule has 6 nitrogen and oxygen atoms in total. The third-order valence-corrected chi connectivity index (χ3v) is 6.60. The molecule has 2 fully saturated rings. The van der Waals surface area contributed by atoms with Gasteiger partial charge in [-0.05, 0) is 49.2 Å². The Morgan fingerprint density at radius 2 is 1.86 bits per heavy atom. The fourth-order valence-corrected chi connectivity index (χ4v) is 5.02. The van der Waals surface area contributed by atoms with Crippen LogP contribution in [0.3, 0.4) is 0 Å². The highest BCUT2D eigenvalue weighted by Gasteiger charge is 2.54. The van der Waals surface area contributed by atoms with Gasteiger partial charge < -0.3 is 14.6 Å². The Balaban J connectivity index is 1.61. The molecule has 0 radical (unpaired) electrons. The molecule has 0 saturated heterocycles. The van der Waals surface area contributed by atoms with Crippen molar-refractivity contribution in [2.24, 2.45) is 17.3 Å². The van der Waals surface area contributed by atoms with Crippen LogP contribution in [0, 0.1) is 17.3 Å². The van der Waals surface area contributed by atoms with E-state index in [9.17, 15) is 19.5 Å². The SMILES string of the molecule is CCSC(=O)CCCCOC(=O)/C=C/C=C/C(=O)O[C@@H]1C[C@@H]2C[C@H]1[C@](C)(CO)C2. The molecule has 0 aliphatic heterocycles. The van der Waals surface area contributed by atoms with Gasteiger partial charge in [0.25, 0.3) is 0 Å². The summed E-state index contributed by atoms with van der Waals surface area (Å²) in [7, 11) is 0. The van der Waals surface area contributed by atoms with E-state index in [1.165, 1.54) is 36.1 Å². The lowest BCUT2D eigenvalue weighted by Gasteiger charge is -2.36. The number of hydrogen-bond acceptors (Lipinski definition) is 7. The Kier molecular flexibility index (Phi) is 9.43. The molecule has 2 rings (SSSR count). The molecule has 2 aliphatic rings. The van der Waals surface area contributed by atoms with Crippen LogP contribution < -0.4 is 0 Å². The first kappa shape index (κ1) is 23.7. The predicted molar refractivity (Wildman–Crippen MR) is 112 cm³/mol. The van der Waals surface area contributed by atoms with Gasteiger partial charge in [-0.1, -0.05) is 37.8 Å². The highest BCUT2D eigenvalue weighted by molar-refractivity contribution is 8.13. The third-order valence-electron chi connectivity index (χ3n) is 5.78. The number of carbonyl (C=O) groups excluding carboxylic acids is 3. The number of rotatable bonds is 11. The maximum atomic E-state index is 12.0. The molecule has 0 heterocycles. The largest absolute Gasteiger partial charge is 0.463 e. The van der Waals surface area contributed by atoms with E-state index in [4.69, 9.17) is 9.47 Å². The molecule has 0 aromatic heterocycles. The molecular weight excluding hydrogens is 392 g/mol. The average molecular weight is 425 g/mol. The molecular formula is C22H32O6S. The number of unbranched alkanes of at least 4 members (excludes halogenated alkanes) is 1. The monoisotopic (exact) mass is 424 g/mol. The van der Waals surface area contributed by atoms with E-state index in [0.717, 1.165) is 25.0 Å². The van der Waals surface area contributed by atoms with E-state index < -0.39 is 11.9 Å². The van der Waals surface area contributed by atoms with Crippen molar-refractivity contribution in [1.29, 1.82) is 0 Å². The summed E-state index contributed by atoms with van der Waals surface area (Å²) in [6.45, 7) is 4.39. The number of allylic oxidation sites excluding steroid dienone is 2. The van der Waals surface area contributed by atoms with Gasteiger partial charge in [-0.15, -0.1) is 0 Å². The van der Waals surface area contributed by atoms with E-state index in [1.54, 1.807) is 0 Å². The van der Waals surface area contributed by atoms with E-state index >= 15 is 0 Å². The second-order valence-electron chi connectivity index (χ2n) is 8.08. The molecule has 0 amide bonds. The fraction of sp³-hybridized carbons (Fsp3) is 0.682. The molecule has 0 aromatic carbocycles. The van der Waals surface area contributed by atoms with Crippen molar-refractivity contribution in [3.05, 3.63) is 24.3 Å². The summed E-state index contributed by atoms with van der Waals surface area (Å²) in [6.07, 6.45) is 10.0. The number of aliphatic hydroxyl groups excluding tert-OH is 1. The summed E-state index contributed by atoms with van der Waals surface area (Å²) in [5.41, 5.74) is -0.149. The maximum absolute atomic E-state index is 12.0. The van der Waals surface area contributed by atoms with Crippen LogP contribution in [0.1, 0.15) is 52.4 Å². The Bertz CT molecular complexity index is 643. The molecule has 7 heteroatoms. The molecule has 0 aromatic rings. The van der Waals surface area contributed by atoms with Gasteiger partial charge in [0.1, 0.15) is 6.10 Å². The van der Waals surface area contributed by atoms with Gasteiger partial charge in [0.15, 0.2) is 5.12 Å². The van der Waals surface area contributed by atoms with Crippen molar-refractivity contribution in [3.8, 4) is 0 Å². The number of aliphatic hydroxyl groups is 1. The fourth-order valence-electron chi connectivity index (χ4n) is 4.40. The molecule has 162 valence electrons. The molecule has 1 N–H and O–H groups in total. The second kappa shape index (κ2) is 11.6. The van der Waals surface area contributed by atoms with Crippen LogP contribution in [0.5, 0.6) is 0 Å². The molecule has 4 atom stereocenters. The van der Waals surface area contributed by atoms with E-state index in [0.29, 0.717) is 25.2 Å². The highest BCUT2D eigenvalue weighted by atomic mass is 32.2. The number of hydrogen-bond donors (Lipinski definition) is 1. The van der Waals surface area contributed by atoms with Crippen LogP contribution in [0.4, 0.5) is 0 Å². The van der Waals surface area contributed by atoms with Crippen molar-refractivity contribution in [3.63, 3.8) is 0 Å². The number of fused-ring (bicyclic) bond motifs is 2. The first-order valence-electron chi connectivity index (χ1n) is 10.4. The van der Waals surface area contributed by atoms with Gasteiger partial charge >= 0.3 is 11.9 Å². The quantitative estimate of drug-likeness (QED) is 0.235. The zero-order valence-electron chi connectivity index (χ0n) is 17.3. The van der Waals surface area contributed by atoms with Crippen LogP contribution in [-0.2, 0) is 23.9 Å². The Morgan fingerprint density at radius 1 is 1.14 bits per heavy atom. The molecule has 2 aliphatic carbocycles. The average Bonchev–Trinajstić information content (AvgIpc) is 3.22. The summed E-state index contributed by atoms with van der Waals surface area (Å²) in [5.74, 6) is 0.608. The molecule has 0 unspecified atom stereocenters. The molecule has 2 saturated carbocycles. The van der Waals surface area contributed by atoms with Crippen molar-refractivity contribution >= 4 is 28.8 Å². The smallest absolute Gasteiger partial charge is 0.331 e. The van der Waals surface area contributed by atoms with E-state index in [-0.39, 0.29) is 35.8 Å². The lowest BCUT2D eigenvalue weighted by molar-refractivity contribution is -0.149. The standard InChI is InChI=1S/C22H32O6S/c1-3-29-21(26)10-6-7-11-27-19(24)8-4-5-9-20(25)28-18-13-16-12-17(18)22(2,14-16)15-23/h4-5,8-9,16-18,23H,3,6-7,10-15H2,1-2H3/b8-4+,9-5+/t16-,17+,18+,22-/m0/s1. The summed E-state index contributed by atoms with van der Waals surface area (Å²) in [5, 5.41) is 9.81. The maximum Gasteiger partial charge on any atom is 0.331 e. The predicted octanol–water partition coefficient (Wildman–Crippen LogP) is 3.43. The van der Waals surface area contributed by atoms with Crippen molar-refractivity contribution in [2.45, 2.75) is 58.5 Å². The molecule has 2 bridgehead atoms. The molecule has 0 spiro atoms. The van der Waals surface area contributed by atoms with Crippen molar-refractivity contribution in [2.75, 3.05) is 19.0 Å². The first-order valence-corrected chi connectivity index (χ1v) is 11.3. The van der Waals surface area contributed by atoms with Crippen molar-refractivity contribution in [1.82, 2.24) is 0 Å². The lowest BCUT2D eigenvalue weighted by atomic mass is 9.74. The van der Waals surface area contributed by atoms with E-state index in [2.05, 4.69) is 6.92 Å². The highest BCUT2D eigenvalue weighted by Crippen LogP contribution is 2.56. The van der Waals surface area contributed by atoms with Crippen LogP contribution in [0.15, 0.2) is 24.3 Å². The minimum atomic E-state index is -0.482. The number of ether oxygens (including phenoxy) is 2. The Hall–Kier alpha value is -1.60. The Labute approximate surface area is 177 Å². The number of esters is 2. The Morgan fingerprint density at radius 3 is 2.52 bits per heavy atom. The van der Waals surface area contributed by atoms with Gasteiger partial charge in [0.2, 0.25) is 0 Å². The summed E-state index contributed by atoms with van der Waals surface area (Å²) >= 11 is 1.31. The zero-order chi connectivity index (χ0) is 21.3. The van der Waals surface area contributed by atoms with Gasteiger partial charge in [-0.25, -0.2) is 9.59 Å². The third kappa shape index (κ3) is 7.30. The minimum Gasteiger partial charge on any atom is -0.463 e. The van der Waals surface area contributed by atoms with Gasteiger partial charge in [0.05, 0.1) is 6.61 Å². The first-order chi connectivity index (χ1) is 13.9. The summed E-state index contributed by atoms with van der Waals surface area (Å²) in [4.78, 5) is 35.0. The molecule has 29 heavy (non-hydrogen) atoms. The van der Waals surface area contributed by atoms with Crippen molar-refractivity contribution < 1.29 is 29.0 Å². The van der Waals surface area contributed by atoms with Gasteiger partial charge in [-0.2, -0.15) is 0 Å². The number of thioether (sulfide) groups is 1. The zero-order valence-corrected chi connectivity index (χ0v) is 18.1. The normalized spacial score (nSPS) is 28.3. The summed E-state index contributed by atoms with van der Waals surface area (Å²) < 4.78 is 10.6.